The van der Waals surface area contributed by atoms with Crippen molar-refractivity contribution in [2.24, 2.45) is 11.7 Å². The maximum Gasteiger partial charge on any atom is 0.254 e. The minimum Gasteiger partial charge on any atom is -0.361 e. The zero-order chi connectivity index (χ0) is 14.8. The van der Waals surface area contributed by atoms with Crippen molar-refractivity contribution in [2.75, 3.05) is 13.1 Å². The number of rotatable bonds is 3. The van der Waals surface area contributed by atoms with E-state index in [-0.39, 0.29) is 11.9 Å². The Morgan fingerprint density at radius 2 is 2.29 bits per heavy atom. The lowest BCUT2D eigenvalue weighted by molar-refractivity contribution is 0.0560. The molecule has 112 valence electrons. The van der Waals surface area contributed by atoms with Crippen LogP contribution in [0.1, 0.15) is 36.5 Å². The number of hydrogen-bond acceptors (Lipinski definition) is 2. The molecule has 21 heavy (non-hydrogen) atoms. The van der Waals surface area contributed by atoms with Crippen LogP contribution in [-0.2, 0) is 0 Å². The SMILES string of the molecule is CCC1CCN(C(=O)c2cccc3[nH]ccc23)C(CN)C1. The number of H-pyrrole nitrogens is 1. The van der Waals surface area contributed by atoms with Gasteiger partial charge >= 0.3 is 0 Å². The summed E-state index contributed by atoms with van der Waals surface area (Å²) in [7, 11) is 0. The molecule has 1 aromatic heterocycles. The quantitative estimate of drug-likeness (QED) is 0.911. The van der Waals surface area contributed by atoms with Crippen molar-refractivity contribution in [1.82, 2.24) is 9.88 Å². The number of aromatic amines is 1. The first-order chi connectivity index (χ1) is 10.2. The number of piperidine rings is 1. The van der Waals surface area contributed by atoms with Crippen LogP contribution in [0.4, 0.5) is 0 Å². The van der Waals surface area contributed by atoms with E-state index >= 15 is 0 Å². The number of aromatic nitrogens is 1. The first kappa shape index (κ1) is 14.1. The van der Waals surface area contributed by atoms with Crippen molar-refractivity contribution in [2.45, 2.75) is 32.2 Å². The van der Waals surface area contributed by atoms with E-state index < -0.39 is 0 Å². The summed E-state index contributed by atoms with van der Waals surface area (Å²) >= 11 is 0. The first-order valence-electron chi connectivity index (χ1n) is 7.81. The van der Waals surface area contributed by atoms with Crippen LogP contribution in [0.15, 0.2) is 30.5 Å². The van der Waals surface area contributed by atoms with Crippen LogP contribution in [0.3, 0.4) is 0 Å². The Morgan fingerprint density at radius 1 is 1.43 bits per heavy atom. The number of amides is 1. The smallest absolute Gasteiger partial charge is 0.254 e. The molecule has 0 aliphatic carbocycles. The topological polar surface area (TPSA) is 62.1 Å². The van der Waals surface area contributed by atoms with Gasteiger partial charge < -0.3 is 15.6 Å². The summed E-state index contributed by atoms with van der Waals surface area (Å²) in [6.07, 6.45) is 5.17. The molecule has 1 aliphatic heterocycles. The number of likely N-dealkylation sites (tertiary alicyclic amines) is 1. The van der Waals surface area contributed by atoms with E-state index in [4.69, 9.17) is 5.73 Å². The van der Waals surface area contributed by atoms with Gasteiger partial charge in [0.05, 0.1) is 0 Å². The lowest BCUT2D eigenvalue weighted by Crippen LogP contribution is -2.49. The summed E-state index contributed by atoms with van der Waals surface area (Å²) in [6, 6.07) is 7.99. The molecule has 1 aliphatic rings. The van der Waals surface area contributed by atoms with Crippen LogP contribution in [0, 0.1) is 5.92 Å². The maximum absolute atomic E-state index is 12.9. The van der Waals surface area contributed by atoms with E-state index in [0.717, 1.165) is 35.9 Å². The minimum absolute atomic E-state index is 0.116. The molecule has 2 atom stereocenters. The second kappa shape index (κ2) is 5.90. The molecule has 0 radical (unpaired) electrons. The summed E-state index contributed by atoms with van der Waals surface area (Å²) in [5.74, 6) is 0.816. The van der Waals surface area contributed by atoms with Gasteiger partial charge in [-0.15, -0.1) is 0 Å². The number of carbonyl (C=O) groups is 1. The van der Waals surface area contributed by atoms with Gasteiger partial charge in [0.2, 0.25) is 0 Å². The molecule has 1 saturated heterocycles. The third kappa shape index (κ3) is 2.56. The number of carbonyl (C=O) groups excluding carboxylic acids is 1. The van der Waals surface area contributed by atoms with Crippen LogP contribution >= 0.6 is 0 Å². The first-order valence-corrected chi connectivity index (χ1v) is 7.81. The highest BCUT2D eigenvalue weighted by Gasteiger charge is 2.31. The fourth-order valence-corrected chi connectivity index (χ4v) is 3.42. The van der Waals surface area contributed by atoms with Gasteiger partial charge in [-0.1, -0.05) is 19.4 Å². The third-order valence-corrected chi connectivity index (χ3v) is 4.76. The molecule has 1 amide bonds. The van der Waals surface area contributed by atoms with Crippen molar-refractivity contribution < 1.29 is 4.79 Å². The van der Waals surface area contributed by atoms with E-state index in [2.05, 4.69) is 11.9 Å². The predicted molar refractivity (Wildman–Crippen MR) is 85.2 cm³/mol. The minimum atomic E-state index is 0.116. The van der Waals surface area contributed by atoms with Gasteiger partial charge in [0.1, 0.15) is 0 Å². The van der Waals surface area contributed by atoms with Gasteiger partial charge in [-0.2, -0.15) is 0 Å². The molecule has 4 heteroatoms. The Kier molecular flexibility index (Phi) is 3.97. The molecule has 0 spiro atoms. The molecular weight excluding hydrogens is 262 g/mol. The average Bonchev–Trinajstić information content (AvgIpc) is 3.02. The zero-order valence-electron chi connectivity index (χ0n) is 12.5. The molecule has 2 heterocycles. The van der Waals surface area contributed by atoms with E-state index in [1.165, 1.54) is 6.42 Å². The van der Waals surface area contributed by atoms with Gasteiger partial charge in [0.15, 0.2) is 0 Å². The fraction of sp³-hybridized carbons (Fsp3) is 0.471. The molecule has 1 aromatic carbocycles. The van der Waals surface area contributed by atoms with Crippen LogP contribution in [0.2, 0.25) is 0 Å². The van der Waals surface area contributed by atoms with E-state index in [1.807, 2.05) is 35.4 Å². The molecule has 1 fully saturated rings. The highest BCUT2D eigenvalue weighted by molar-refractivity contribution is 6.06. The highest BCUT2D eigenvalue weighted by Crippen LogP contribution is 2.28. The summed E-state index contributed by atoms with van der Waals surface area (Å²) in [5.41, 5.74) is 7.71. The zero-order valence-corrected chi connectivity index (χ0v) is 12.5. The van der Waals surface area contributed by atoms with Crippen molar-refractivity contribution in [3.05, 3.63) is 36.0 Å². The van der Waals surface area contributed by atoms with E-state index in [1.54, 1.807) is 0 Å². The molecule has 0 bridgehead atoms. The molecular formula is C17H23N3O. The Hall–Kier alpha value is -1.81. The second-order valence-corrected chi connectivity index (χ2v) is 5.93. The Labute approximate surface area is 125 Å². The second-order valence-electron chi connectivity index (χ2n) is 5.93. The Balaban J connectivity index is 1.89. The van der Waals surface area contributed by atoms with Crippen LogP contribution < -0.4 is 5.73 Å². The van der Waals surface area contributed by atoms with Gasteiger partial charge in [0, 0.05) is 41.8 Å². The monoisotopic (exact) mass is 285 g/mol. The summed E-state index contributed by atoms with van der Waals surface area (Å²) in [5, 5.41) is 0.996. The van der Waals surface area contributed by atoms with Crippen molar-refractivity contribution in [3.8, 4) is 0 Å². The van der Waals surface area contributed by atoms with Gasteiger partial charge in [0.25, 0.3) is 5.91 Å². The molecule has 2 aromatic rings. The summed E-state index contributed by atoms with van der Waals surface area (Å²) in [6.45, 7) is 3.58. The van der Waals surface area contributed by atoms with Crippen LogP contribution in [0.5, 0.6) is 0 Å². The number of nitrogens with two attached hydrogens (primary N) is 1. The molecule has 0 saturated carbocycles. The third-order valence-electron chi connectivity index (χ3n) is 4.76. The van der Waals surface area contributed by atoms with E-state index in [9.17, 15) is 4.79 Å². The standard InChI is InChI=1S/C17H23N3O/c1-2-12-7-9-20(13(10-12)11-18)17(21)15-4-3-5-16-14(15)6-8-19-16/h3-6,8,12-13,19H,2,7,9-11,18H2,1H3. The molecule has 4 nitrogen and oxygen atoms in total. The number of hydrogen-bond donors (Lipinski definition) is 2. The molecule has 2 unspecified atom stereocenters. The average molecular weight is 285 g/mol. The summed E-state index contributed by atoms with van der Waals surface area (Å²) < 4.78 is 0. The fourth-order valence-electron chi connectivity index (χ4n) is 3.42. The highest BCUT2D eigenvalue weighted by atomic mass is 16.2. The number of nitrogens with zero attached hydrogens (tertiary/aromatic N) is 1. The Bertz CT molecular complexity index is 634. The lowest BCUT2D eigenvalue weighted by Gasteiger charge is -2.39. The van der Waals surface area contributed by atoms with Crippen molar-refractivity contribution in [1.29, 1.82) is 0 Å². The normalized spacial score (nSPS) is 22.7. The molecule has 3 N–H and O–H groups in total. The van der Waals surface area contributed by atoms with Gasteiger partial charge in [-0.05, 0) is 37.0 Å². The van der Waals surface area contributed by atoms with Crippen LogP contribution in [0.25, 0.3) is 10.9 Å². The molecule has 3 rings (SSSR count). The number of nitrogens with one attached hydrogen (secondary N) is 1. The summed E-state index contributed by atoms with van der Waals surface area (Å²) in [4.78, 5) is 18.1. The lowest BCUT2D eigenvalue weighted by atomic mass is 9.88. The maximum atomic E-state index is 12.9. The van der Waals surface area contributed by atoms with Gasteiger partial charge in [-0.25, -0.2) is 0 Å². The van der Waals surface area contributed by atoms with Crippen molar-refractivity contribution in [3.63, 3.8) is 0 Å². The van der Waals surface area contributed by atoms with Crippen molar-refractivity contribution >= 4 is 16.8 Å². The van der Waals surface area contributed by atoms with E-state index in [0.29, 0.717) is 12.5 Å². The number of benzene rings is 1. The van der Waals surface area contributed by atoms with Crippen LogP contribution in [-0.4, -0.2) is 34.9 Å². The Morgan fingerprint density at radius 3 is 3.05 bits per heavy atom. The number of fused-ring (bicyclic) bond motifs is 1. The van der Waals surface area contributed by atoms with Gasteiger partial charge in [-0.3, -0.25) is 4.79 Å². The largest absolute Gasteiger partial charge is 0.361 e. The predicted octanol–water partition coefficient (Wildman–Crippen LogP) is 2.76.